The first-order valence-electron chi connectivity index (χ1n) is 10.4. The number of anilines is 2. The van der Waals surface area contributed by atoms with E-state index in [4.69, 9.17) is 28.9 Å². The summed E-state index contributed by atoms with van der Waals surface area (Å²) < 4.78 is 0. The first kappa shape index (κ1) is 20.3. The van der Waals surface area contributed by atoms with Crippen molar-refractivity contribution in [3.05, 3.63) is 69.3 Å². The van der Waals surface area contributed by atoms with E-state index in [0.717, 1.165) is 38.8 Å². The number of hydrogen-bond donors (Lipinski definition) is 1. The fourth-order valence-corrected chi connectivity index (χ4v) is 5.39. The van der Waals surface area contributed by atoms with Crippen molar-refractivity contribution in [1.29, 1.82) is 0 Å². The van der Waals surface area contributed by atoms with Crippen molar-refractivity contribution in [3.8, 4) is 11.1 Å². The zero-order chi connectivity index (χ0) is 21.6. The zero-order valence-electron chi connectivity index (χ0n) is 16.9. The van der Waals surface area contributed by atoms with Crippen LogP contribution in [-0.2, 0) is 12.8 Å². The minimum atomic E-state index is 0.222. The molecule has 1 saturated heterocycles. The van der Waals surface area contributed by atoms with Crippen LogP contribution < -0.4 is 10.6 Å². The van der Waals surface area contributed by atoms with E-state index < -0.39 is 0 Å². The second-order valence-corrected chi connectivity index (χ2v) is 9.28. The van der Waals surface area contributed by atoms with Gasteiger partial charge in [-0.1, -0.05) is 59.6 Å². The van der Waals surface area contributed by atoms with Crippen molar-refractivity contribution in [3.63, 3.8) is 0 Å². The Hall–Kier alpha value is -2.63. The number of nitrogens with zero attached hydrogens (tertiary/aromatic N) is 3. The van der Waals surface area contributed by atoms with Gasteiger partial charge in [-0.2, -0.15) is 4.98 Å². The number of carbonyl (C=O) groups is 1. The van der Waals surface area contributed by atoms with Crippen molar-refractivity contribution in [2.24, 2.45) is 5.41 Å². The fraction of sp³-hybridized carbons (Fsp3) is 0.292. The smallest absolute Gasteiger partial charge is 0.227 e. The van der Waals surface area contributed by atoms with Crippen LogP contribution in [0.4, 0.5) is 11.8 Å². The SMILES string of the molecule is Nc1nc(N2CCC3(CC2)Cc2ccccc2C3)nc(C=O)c1-c1cccc(Cl)c1Cl. The number of hydrogen-bond acceptors (Lipinski definition) is 5. The molecule has 5 nitrogen and oxygen atoms in total. The van der Waals surface area contributed by atoms with Crippen LogP contribution in [0.5, 0.6) is 0 Å². The Morgan fingerprint density at radius 1 is 0.968 bits per heavy atom. The molecule has 0 bridgehead atoms. The highest BCUT2D eigenvalue weighted by atomic mass is 35.5. The van der Waals surface area contributed by atoms with E-state index in [1.165, 1.54) is 11.1 Å². The topological polar surface area (TPSA) is 72.1 Å². The Kier molecular flexibility index (Phi) is 5.11. The van der Waals surface area contributed by atoms with Gasteiger partial charge in [0.05, 0.1) is 15.6 Å². The highest BCUT2D eigenvalue weighted by Gasteiger charge is 2.40. The van der Waals surface area contributed by atoms with E-state index >= 15 is 0 Å². The first-order chi connectivity index (χ1) is 15.0. The van der Waals surface area contributed by atoms with Crippen LogP contribution in [0.1, 0.15) is 34.5 Å². The van der Waals surface area contributed by atoms with Gasteiger partial charge >= 0.3 is 0 Å². The fourth-order valence-electron chi connectivity index (χ4n) is 4.99. The van der Waals surface area contributed by atoms with Gasteiger partial charge < -0.3 is 10.6 Å². The third-order valence-electron chi connectivity index (χ3n) is 6.64. The highest BCUT2D eigenvalue weighted by Crippen LogP contribution is 2.45. The Balaban J connectivity index is 1.41. The normalized spacial score (nSPS) is 17.0. The van der Waals surface area contributed by atoms with E-state index in [9.17, 15) is 4.79 Å². The minimum absolute atomic E-state index is 0.222. The molecular weight excluding hydrogens is 431 g/mol. The lowest BCUT2D eigenvalue weighted by molar-refractivity contribution is 0.111. The Morgan fingerprint density at radius 2 is 1.65 bits per heavy atom. The number of halogens is 2. The number of piperidine rings is 1. The molecular formula is C24H22Cl2N4O. The Morgan fingerprint density at radius 3 is 2.29 bits per heavy atom. The van der Waals surface area contributed by atoms with Gasteiger partial charge in [-0.25, -0.2) is 4.98 Å². The quantitative estimate of drug-likeness (QED) is 0.550. The lowest BCUT2D eigenvalue weighted by atomic mass is 9.76. The third-order valence-corrected chi connectivity index (χ3v) is 7.46. The largest absolute Gasteiger partial charge is 0.383 e. The molecule has 1 aliphatic heterocycles. The molecule has 158 valence electrons. The summed E-state index contributed by atoms with van der Waals surface area (Å²) in [6.45, 7) is 1.67. The van der Waals surface area contributed by atoms with Crippen LogP contribution in [0.3, 0.4) is 0 Å². The van der Waals surface area contributed by atoms with Gasteiger partial charge in [0.2, 0.25) is 5.95 Å². The van der Waals surface area contributed by atoms with E-state index in [1.807, 2.05) is 0 Å². The molecule has 2 aromatic carbocycles. The van der Waals surface area contributed by atoms with Crippen molar-refractivity contribution >= 4 is 41.3 Å². The summed E-state index contributed by atoms with van der Waals surface area (Å²) in [5, 5.41) is 0.717. The maximum absolute atomic E-state index is 11.9. The minimum Gasteiger partial charge on any atom is -0.383 e. The van der Waals surface area contributed by atoms with Gasteiger partial charge in [0.1, 0.15) is 11.5 Å². The number of nitrogens with two attached hydrogens (primary N) is 1. The summed E-state index contributed by atoms with van der Waals surface area (Å²) in [5.74, 6) is 0.719. The van der Waals surface area contributed by atoms with Crippen LogP contribution in [0, 0.1) is 5.41 Å². The number of rotatable bonds is 3. The van der Waals surface area contributed by atoms with E-state index in [0.29, 0.717) is 38.8 Å². The number of aromatic nitrogens is 2. The molecule has 1 aliphatic carbocycles. The van der Waals surface area contributed by atoms with Crippen LogP contribution in [0.2, 0.25) is 10.0 Å². The molecule has 2 heterocycles. The van der Waals surface area contributed by atoms with Crippen molar-refractivity contribution < 1.29 is 4.79 Å². The van der Waals surface area contributed by atoms with Gasteiger partial charge in [-0.3, -0.25) is 4.79 Å². The van der Waals surface area contributed by atoms with Crippen LogP contribution in [-0.4, -0.2) is 29.3 Å². The summed E-state index contributed by atoms with van der Waals surface area (Å²) in [5.41, 5.74) is 10.8. The Labute approximate surface area is 191 Å². The maximum atomic E-state index is 11.9. The summed E-state index contributed by atoms with van der Waals surface area (Å²) in [7, 11) is 0. The lowest BCUT2D eigenvalue weighted by Crippen LogP contribution is -2.41. The van der Waals surface area contributed by atoms with E-state index in [2.05, 4.69) is 39.1 Å². The predicted molar refractivity (Wildman–Crippen MR) is 125 cm³/mol. The molecule has 0 atom stereocenters. The number of aldehydes is 1. The molecule has 0 amide bonds. The molecule has 2 N–H and O–H groups in total. The summed E-state index contributed by atoms with van der Waals surface area (Å²) in [6, 6.07) is 13.9. The molecule has 1 fully saturated rings. The molecule has 0 unspecified atom stereocenters. The number of carbonyl (C=O) groups excluding carboxylic acids is 1. The van der Waals surface area contributed by atoms with Gasteiger partial charge in [-0.15, -0.1) is 0 Å². The molecule has 1 aromatic heterocycles. The maximum Gasteiger partial charge on any atom is 0.227 e. The number of fused-ring (bicyclic) bond motifs is 1. The molecule has 0 radical (unpaired) electrons. The standard InChI is InChI=1S/C24H22Cl2N4O/c25-18-7-3-6-17(21(18)26)20-19(14-31)28-23(29-22(20)27)30-10-8-24(9-11-30)12-15-4-1-2-5-16(15)13-24/h1-7,14H,8-13H2,(H2,27,28,29). The lowest BCUT2D eigenvalue weighted by Gasteiger charge is -2.39. The van der Waals surface area contributed by atoms with Gasteiger partial charge in [-0.05, 0) is 48.3 Å². The van der Waals surface area contributed by atoms with Gasteiger partial charge in [0.25, 0.3) is 0 Å². The molecule has 1 spiro atoms. The molecule has 5 rings (SSSR count). The average molecular weight is 453 g/mol. The highest BCUT2D eigenvalue weighted by molar-refractivity contribution is 6.43. The third kappa shape index (κ3) is 3.56. The van der Waals surface area contributed by atoms with Crippen LogP contribution in [0.15, 0.2) is 42.5 Å². The van der Waals surface area contributed by atoms with Gasteiger partial charge in [0.15, 0.2) is 6.29 Å². The predicted octanol–water partition coefficient (Wildman–Crippen LogP) is 5.23. The van der Waals surface area contributed by atoms with Crippen molar-refractivity contribution in [2.45, 2.75) is 25.7 Å². The molecule has 3 aromatic rings. The molecule has 2 aliphatic rings. The first-order valence-corrected chi connectivity index (χ1v) is 11.1. The van der Waals surface area contributed by atoms with E-state index in [1.54, 1.807) is 18.2 Å². The Bertz CT molecular complexity index is 1150. The number of benzene rings is 2. The van der Waals surface area contributed by atoms with E-state index in [-0.39, 0.29) is 11.5 Å². The summed E-state index contributed by atoms with van der Waals surface area (Å²) in [6.07, 6.45) is 5.08. The van der Waals surface area contributed by atoms with Crippen LogP contribution in [0.25, 0.3) is 11.1 Å². The molecule has 0 saturated carbocycles. The monoisotopic (exact) mass is 452 g/mol. The zero-order valence-corrected chi connectivity index (χ0v) is 18.5. The van der Waals surface area contributed by atoms with Crippen LogP contribution >= 0.6 is 23.2 Å². The second kappa shape index (κ2) is 7.81. The molecule has 31 heavy (non-hydrogen) atoms. The van der Waals surface area contributed by atoms with Crippen molar-refractivity contribution in [1.82, 2.24) is 9.97 Å². The summed E-state index contributed by atoms with van der Waals surface area (Å²) >= 11 is 12.5. The van der Waals surface area contributed by atoms with Gasteiger partial charge in [0, 0.05) is 18.7 Å². The average Bonchev–Trinajstić information content (AvgIpc) is 3.13. The second-order valence-electron chi connectivity index (χ2n) is 8.50. The summed E-state index contributed by atoms with van der Waals surface area (Å²) in [4.78, 5) is 23.1. The van der Waals surface area contributed by atoms with Crippen molar-refractivity contribution in [2.75, 3.05) is 23.7 Å². The number of nitrogen functional groups attached to an aromatic ring is 1. The molecule has 7 heteroatoms.